The molecule has 1 saturated carbocycles. The van der Waals surface area contributed by atoms with Gasteiger partial charge in [0.05, 0.1) is 0 Å². The van der Waals surface area contributed by atoms with Crippen molar-refractivity contribution >= 4 is 15.9 Å². The molecule has 0 unspecified atom stereocenters. The highest BCUT2D eigenvalue weighted by Crippen LogP contribution is 2.30. The second kappa shape index (κ2) is 4.50. The van der Waals surface area contributed by atoms with Crippen molar-refractivity contribution < 1.29 is 0 Å². The average molecular weight is 280 g/mol. The van der Waals surface area contributed by atoms with Gasteiger partial charge in [-0.1, -0.05) is 34.5 Å². The summed E-state index contributed by atoms with van der Waals surface area (Å²) in [5.41, 5.74) is 3.06. The molecule has 1 heterocycles. The van der Waals surface area contributed by atoms with E-state index in [0.717, 1.165) is 12.5 Å². The molecule has 0 N–H and O–H groups in total. The lowest BCUT2D eigenvalue weighted by Crippen LogP contribution is -2.36. The predicted molar refractivity (Wildman–Crippen MR) is 70.5 cm³/mol. The Kier molecular flexibility index (Phi) is 3.03. The van der Waals surface area contributed by atoms with Gasteiger partial charge in [0.1, 0.15) is 0 Å². The van der Waals surface area contributed by atoms with E-state index < -0.39 is 0 Å². The number of hydrogen-bond acceptors (Lipinski definition) is 1. The van der Waals surface area contributed by atoms with Crippen molar-refractivity contribution in [1.82, 2.24) is 4.90 Å². The second-order valence-electron chi connectivity index (χ2n) is 5.16. The highest BCUT2D eigenvalue weighted by atomic mass is 79.9. The molecule has 1 aromatic rings. The molecule has 0 atom stereocenters. The van der Waals surface area contributed by atoms with Crippen LogP contribution in [0.15, 0.2) is 22.7 Å². The van der Waals surface area contributed by atoms with Crippen LogP contribution in [-0.2, 0) is 13.0 Å². The SMILES string of the molecule is Brc1cccc2c1CCN(CC1CCC1)C2. The zero-order valence-corrected chi connectivity index (χ0v) is 11.2. The molecule has 0 radical (unpaired) electrons. The molecule has 2 aliphatic rings. The van der Waals surface area contributed by atoms with Crippen LogP contribution in [0.3, 0.4) is 0 Å². The normalized spacial score (nSPS) is 21.6. The molecule has 1 aliphatic heterocycles. The van der Waals surface area contributed by atoms with E-state index in [4.69, 9.17) is 0 Å². The van der Waals surface area contributed by atoms with Gasteiger partial charge in [-0.2, -0.15) is 0 Å². The van der Waals surface area contributed by atoms with Gasteiger partial charge in [-0.3, -0.25) is 4.90 Å². The molecular weight excluding hydrogens is 262 g/mol. The van der Waals surface area contributed by atoms with Gasteiger partial charge in [-0.25, -0.2) is 0 Å². The lowest BCUT2D eigenvalue weighted by atomic mass is 9.84. The fourth-order valence-electron chi connectivity index (χ4n) is 2.82. The van der Waals surface area contributed by atoms with Crippen LogP contribution >= 0.6 is 15.9 Å². The zero-order chi connectivity index (χ0) is 11.0. The summed E-state index contributed by atoms with van der Waals surface area (Å²) in [6.07, 6.45) is 5.59. The summed E-state index contributed by atoms with van der Waals surface area (Å²) in [5, 5.41) is 0. The smallest absolute Gasteiger partial charge is 0.0237 e. The van der Waals surface area contributed by atoms with Crippen LogP contribution in [0, 0.1) is 5.92 Å². The van der Waals surface area contributed by atoms with E-state index in [1.54, 1.807) is 0 Å². The Morgan fingerprint density at radius 2 is 2.19 bits per heavy atom. The molecule has 2 heteroatoms. The Hall–Kier alpha value is -0.340. The Labute approximate surface area is 106 Å². The van der Waals surface area contributed by atoms with Crippen molar-refractivity contribution in [3.05, 3.63) is 33.8 Å². The van der Waals surface area contributed by atoms with Gasteiger partial charge in [-0.15, -0.1) is 0 Å². The second-order valence-corrected chi connectivity index (χ2v) is 6.01. The summed E-state index contributed by atoms with van der Waals surface area (Å²) in [5.74, 6) is 0.994. The van der Waals surface area contributed by atoms with Gasteiger partial charge in [0.2, 0.25) is 0 Å². The third-order valence-electron chi connectivity index (χ3n) is 4.03. The van der Waals surface area contributed by atoms with Crippen molar-refractivity contribution in [2.24, 2.45) is 5.92 Å². The maximum Gasteiger partial charge on any atom is 0.0237 e. The van der Waals surface area contributed by atoms with Crippen LogP contribution in [0.4, 0.5) is 0 Å². The summed E-state index contributed by atoms with van der Waals surface area (Å²) in [6.45, 7) is 3.73. The third kappa shape index (κ3) is 2.05. The number of hydrogen-bond donors (Lipinski definition) is 0. The lowest BCUT2D eigenvalue weighted by Gasteiger charge is -2.35. The number of benzene rings is 1. The molecule has 0 amide bonds. The minimum absolute atomic E-state index is 0.994. The first-order valence-electron chi connectivity index (χ1n) is 6.31. The Morgan fingerprint density at radius 3 is 2.94 bits per heavy atom. The average Bonchev–Trinajstić information content (AvgIpc) is 2.24. The Morgan fingerprint density at radius 1 is 1.31 bits per heavy atom. The number of rotatable bonds is 2. The fraction of sp³-hybridized carbons (Fsp3) is 0.571. The predicted octanol–water partition coefficient (Wildman–Crippen LogP) is 3.61. The van der Waals surface area contributed by atoms with Crippen LogP contribution in [-0.4, -0.2) is 18.0 Å². The largest absolute Gasteiger partial charge is 0.298 e. The van der Waals surface area contributed by atoms with Crippen LogP contribution in [0.5, 0.6) is 0 Å². The fourth-order valence-corrected chi connectivity index (χ4v) is 3.42. The maximum absolute atomic E-state index is 3.66. The van der Waals surface area contributed by atoms with Gasteiger partial charge < -0.3 is 0 Å². The lowest BCUT2D eigenvalue weighted by molar-refractivity contribution is 0.165. The van der Waals surface area contributed by atoms with Crippen LogP contribution in [0.1, 0.15) is 30.4 Å². The first-order chi connectivity index (χ1) is 7.83. The quantitative estimate of drug-likeness (QED) is 0.800. The summed E-state index contributed by atoms with van der Waals surface area (Å²) in [6, 6.07) is 6.61. The van der Waals surface area contributed by atoms with Gasteiger partial charge in [0.25, 0.3) is 0 Å². The van der Waals surface area contributed by atoms with E-state index in [1.165, 1.54) is 54.4 Å². The zero-order valence-electron chi connectivity index (χ0n) is 9.58. The minimum atomic E-state index is 0.994. The Balaban J connectivity index is 1.70. The van der Waals surface area contributed by atoms with E-state index in [9.17, 15) is 0 Å². The van der Waals surface area contributed by atoms with E-state index in [0.29, 0.717) is 0 Å². The molecule has 1 aromatic carbocycles. The molecule has 86 valence electrons. The van der Waals surface area contributed by atoms with Crippen LogP contribution in [0.2, 0.25) is 0 Å². The van der Waals surface area contributed by atoms with Crippen molar-refractivity contribution in [2.75, 3.05) is 13.1 Å². The highest BCUT2D eigenvalue weighted by Gasteiger charge is 2.23. The van der Waals surface area contributed by atoms with Crippen LogP contribution < -0.4 is 0 Å². The van der Waals surface area contributed by atoms with E-state index in [2.05, 4.69) is 39.0 Å². The topological polar surface area (TPSA) is 3.24 Å². The number of halogens is 1. The molecule has 0 aromatic heterocycles. The van der Waals surface area contributed by atoms with Crippen molar-refractivity contribution in [2.45, 2.75) is 32.2 Å². The van der Waals surface area contributed by atoms with Crippen molar-refractivity contribution in [3.8, 4) is 0 Å². The number of nitrogens with zero attached hydrogens (tertiary/aromatic N) is 1. The summed E-state index contributed by atoms with van der Waals surface area (Å²) >= 11 is 3.66. The first-order valence-corrected chi connectivity index (χ1v) is 7.11. The van der Waals surface area contributed by atoms with Gasteiger partial charge in [-0.05, 0) is 42.4 Å². The van der Waals surface area contributed by atoms with Crippen molar-refractivity contribution in [1.29, 1.82) is 0 Å². The molecule has 3 rings (SSSR count). The van der Waals surface area contributed by atoms with E-state index in [1.807, 2.05) is 0 Å². The summed E-state index contributed by atoms with van der Waals surface area (Å²) in [7, 11) is 0. The monoisotopic (exact) mass is 279 g/mol. The third-order valence-corrected chi connectivity index (χ3v) is 4.77. The standard InChI is InChI=1S/C14H18BrN/c15-14-6-2-5-12-10-16(8-7-13(12)14)9-11-3-1-4-11/h2,5-6,11H,1,3-4,7-10H2. The molecule has 0 spiro atoms. The van der Waals surface area contributed by atoms with Crippen LogP contribution in [0.25, 0.3) is 0 Å². The van der Waals surface area contributed by atoms with Crippen molar-refractivity contribution in [3.63, 3.8) is 0 Å². The van der Waals surface area contributed by atoms with E-state index in [-0.39, 0.29) is 0 Å². The molecular formula is C14H18BrN. The molecule has 0 bridgehead atoms. The molecule has 1 nitrogen and oxygen atoms in total. The highest BCUT2D eigenvalue weighted by molar-refractivity contribution is 9.10. The molecule has 16 heavy (non-hydrogen) atoms. The van der Waals surface area contributed by atoms with Gasteiger partial charge in [0, 0.05) is 24.1 Å². The maximum atomic E-state index is 3.66. The molecule has 1 aliphatic carbocycles. The van der Waals surface area contributed by atoms with Gasteiger partial charge in [0.15, 0.2) is 0 Å². The Bertz CT molecular complexity index is 384. The first kappa shape index (κ1) is 10.8. The van der Waals surface area contributed by atoms with Gasteiger partial charge >= 0.3 is 0 Å². The molecule has 0 saturated heterocycles. The summed E-state index contributed by atoms with van der Waals surface area (Å²) < 4.78 is 1.30. The molecule has 1 fully saturated rings. The number of fused-ring (bicyclic) bond motifs is 1. The minimum Gasteiger partial charge on any atom is -0.298 e. The van der Waals surface area contributed by atoms with E-state index >= 15 is 0 Å². The summed E-state index contributed by atoms with van der Waals surface area (Å²) in [4.78, 5) is 2.64.